The lowest BCUT2D eigenvalue weighted by Crippen LogP contribution is -2.37. The van der Waals surface area contributed by atoms with E-state index in [1.165, 1.54) is 0 Å². The van der Waals surface area contributed by atoms with E-state index < -0.39 is 11.4 Å². The van der Waals surface area contributed by atoms with Crippen molar-refractivity contribution in [3.8, 4) is 11.5 Å². The van der Waals surface area contributed by atoms with E-state index in [0.29, 0.717) is 42.6 Å². The molecule has 0 bridgehead atoms. The number of benzene rings is 1. The molecule has 0 aromatic heterocycles. The fourth-order valence-corrected chi connectivity index (χ4v) is 4.15. The van der Waals surface area contributed by atoms with Crippen molar-refractivity contribution in [1.82, 2.24) is 4.90 Å². The number of carbonyl (C=O) groups excluding carboxylic acids is 1. The molecule has 2 fully saturated rings. The van der Waals surface area contributed by atoms with Gasteiger partial charge in [0.2, 0.25) is 0 Å². The number of likely N-dealkylation sites (tertiary alicyclic amines) is 1. The lowest BCUT2D eigenvalue weighted by molar-refractivity contribution is -0.149. The minimum absolute atomic E-state index is 0.0437. The summed E-state index contributed by atoms with van der Waals surface area (Å²) in [4.78, 5) is 26.7. The molecule has 142 valence electrons. The van der Waals surface area contributed by atoms with Crippen molar-refractivity contribution >= 4 is 11.9 Å². The zero-order valence-corrected chi connectivity index (χ0v) is 15.7. The lowest BCUT2D eigenvalue weighted by atomic mass is 9.81. The predicted molar refractivity (Wildman–Crippen MR) is 96.6 cm³/mol. The molecular formula is C20H27NO5. The third kappa shape index (κ3) is 3.24. The Morgan fingerprint density at radius 2 is 2.15 bits per heavy atom. The smallest absolute Gasteiger partial charge is 0.311 e. The van der Waals surface area contributed by atoms with E-state index in [-0.39, 0.29) is 18.4 Å². The molecule has 1 N–H and O–H groups in total. The van der Waals surface area contributed by atoms with Crippen molar-refractivity contribution in [2.45, 2.75) is 33.1 Å². The van der Waals surface area contributed by atoms with Crippen molar-refractivity contribution in [1.29, 1.82) is 0 Å². The van der Waals surface area contributed by atoms with Gasteiger partial charge in [0.1, 0.15) is 11.5 Å². The highest BCUT2D eigenvalue weighted by Gasteiger charge is 2.55. The molecule has 1 aliphatic carbocycles. The summed E-state index contributed by atoms with van der Waals surface area (Å²) in [5, 5.41) is 9.73. The maximum absolute atomic E-state index is 13.1. The van der Waals surface area contributed by atoms with Crippen LogP contribution >= 0.6 is 0 Å². The standard InChI is InChI=1S/C20H27NO5/c1-13(2)11-26-17-9-15(25-3)6-7-16(17)18(22)21-10-14-5-4-8-20(14,12-21)19(23)24/h6-7,9,13-14H,4-5,8,10-12H2,1-3H3,(H,23,24)/t14-,20+/m0/s1. The van der Waals surface area contributed by atoms with Gasteiger partial charge in [0, 0.05) is 19.2 Å². The highest BCUT2D eigenvalue weighted by atomic mass is 16.5. The second kappa shape index (κ2) is 7.17. The number of rotatable bonds is 6. The average molecular weight is 361 g/mol. The average Bonchev–Trinajstić information content (AvgIpc) is 3.17. The van der Waals surface area contributed by atoms with E-state index in [4.69, 9.17) is 9.47 Å². The van der Waals surface area contributed by atoms with Gasteiger partial charge < -0.3 is 19.5 Å². The second-order valence-corrected chi connectivity index (χ2v) is 7.80. The van der Waals surface area contributed by atoms with Crippen molar-refractivity contribution in [3.63, 3.8) is 0 Å². The zero-order chi connectivity index (χ0) is 18.9. The molecule has 1 saturated heterocycles. The van der Waals surface area contributed by atoms with Crippen LogP contribution in [0.3, 0.4) is 0 Å². The predicted octanol–water partition coefficient (Wildman–Crippen LogP) is 3.06. The number of carboxylic acid groups (broad SMARTS) is 1. The van der Waals surface area contributed by atoms with Gasteiger partial charge in [-0.2, -0.15) is 0 Å². The van der Waals surface area contributed by atoms with E-state index in [0.717, 1.165) is 12.8 Å². The zero-order valence-electron chi connectivity index (χ0n) is 15.7. The molecule has 1 saturated carbocycles. The van der Waals surface area contributed by atoms with Gasteiger partial charge in [-0.25, -0.2) is 0 Å². The molecule has 26 heavy (non-hydrogen) atoms. The van der Waals surface area contributed by atoms with Gasteiger partial charge in [0.25, 0.3) is 5.91 Å². The van der Waals surface area contributed by atoms with Gasteiger partial charge in [-0.3, -0.25) is 9.59 Å². The van der Waals surface area contributed by atoms with E-state index in [1.54, 1.807) is 30.2 Å². The maximum atomic E-state index is 13.1. The highest BCUT2D eigenvalue weighted by molar-refractivity contribution is 5.98. The summed E-state index contributed by atoms with van der Waals surface area (Å²) in [6.07, 6.45) is 2.44. The Bertz CT molecular complexity index is 701. The summed E-state index contributed by atoms with van der Waals surface area (Å²) in [5.74, 6) is 0.542. The van der Waals surface area contributed by atoms with Crippen molar-refractivity contribution in [2.75, 3.05) is 26.8 Å². The van der Waals surface area contributed by atoms with Crippen LogP contribution in [0.25, 0.3) is 0 Å². The Balaban J connectivity index is 1.85. The van der Waals surface area contributed by atoms with E-state index >= 15 is 0 Å². The first kappa shape index (κ1) is 18.5. The molecule has 1 heterocycles. The summed E-state index contributed by atoms with van der Waals surface area (Å²) in [7, 11) is 1.57. The van der Waals surface area contributed by atoms with E-state index in [9.17, 15) is 14.7 Å². The molecular weight excluding hydrogens is 334 g/mol. The van der Waals surface area contributed by atoms with Gasteiger partial charge in [0.05, 0.1) is 24.7 Å². The van der Waals surface area contributed by atoms with Gasteiger partial charge in [0.15, 0.2) is 0 Å². The fraction of sp³-hybridized carbons (Fsp3) is 0.600. The molecule has 0 spiro atoms. The Hall–Kier alpha value is -2.24. The van der Waals surface area contributed by atoms with Crippen LogP contribution in [-0.2, 0) is 4.79 Å². The first-order valence-corrected chi connectivity index (χ1v) is 9.21. The maximum Gasteiger partial charge on any atom is 0.311 e. The molecule has 6 heteroatoms. The number of methoxy groups -OCH3 is 1. The first-order chi connectivity index (χ1) is 12.4. The van der Waals surface area contributed by atoms with Crippen LogP contribution in [0.5, 0.6) is 11.5 Å². The van der Waals surface area contributed by atoms with Crippen LogP contribution in [0.2, 0.25) is 0 Å². The third-order valence-electron chi connectivity index (χ3n) is 5.58. The number of carboxylic acids is 1. The normalized spacial score (nSPS) is 24.6. The quantitative estimate of drug-likeness (QED) is 0.843. The number of fused-ring (bicyclic) bond motifs is 1. The topological polar surface area (TPSA) is 76.1 Å². The summed E-state index contributed by atoms with van der Waals surface area (Å²) in [6.45, 7) is 5.36. The number of ether oxygens (including phenoxy) is 2. The van der Waals surface area contributed by atoms with E-state index in [1.807, 2.05) is 13.8 Å². The molecule has 1 aromatic carbocycles. The molecule has 0 unspecified atom stereocenters. The van der Waals surface area contributed by atoms with Gasteiger partial charge >= 0.3 is 5.97 Å². The van der Waals surface area contributed by atoms with Gasteiger partial charge in [-0.15, -0.1) is 0 Å². The van der Waals surface area contributed by atoms with Gasteiger partial charge in [-0.1, -0.05) is 20.3 Å². The second-order valence-electron chi connectivity index (χ2n) is 7.80. The van der Waals surface area contributed by atoms with Crippen LogP contribution in [-0.4, -0.2) is 48.7 Å². The Kier molecular flexibility index (Phi) is 5.12. The van der Waals surface area contributed by atoms with Crippen LogP contribution in [0.1, 0.15) is 43.5 Å². The minimum atomic E-state index is -0.777. The van der Waals surface area contributed by atoms with Crippen LogP contribution in [0.4, 0.5) is 0 Å². The van der Waals surface area contributed by atoms with Crippen LogP contribution in [0.15, 0.2) is 18.2 Å². The summed E-state index contributed by atoms with van der Waals surface area (Å²) >= 11 is 0. The monoisotopic (exact) mass is 361 g/mol. The Labute approximate surface area is 154 Å². The summed E-state index contributed by atoms with van der Waals surface area (Å²) < 4.78 is 11.1. The summed E-state index contributed by atoms with van der Waals surface area (Å²) in [5.41, 5.74) is -0.312. The van der Waals surface area contributed by atoms with Crippen LogP contribution in [0, 0.1) is 17.3 Å². The fourth-order valence-electron chi connectivity index (χ4n) is 4.15. The van der Waals surface area contributed by atoms with Crippen LogP contribution < -0.4 is 9.47 Å². The molecule has 1 amide bonds. The van der Waals surface area contributed by atoms with E-state index in [2.05, 4.69) is 0 Å². The summed E-state index contributed by atoms with van der Waals surface area (Å²) in [6, 6.07) is 5.16. The molecule has 2 atom stereocenters. The lowest BCUT2D eigenvalue weighted by Gasteiger charge is -2.24. The van der Waals surface area contributed by atoms with Crippen molar-refractivity contribution in [3.05, 3.63) is 23.8 Å². The third-order valence-corrected chi connectivity index (χ3v) is 5.58. The number of carbonyl (C=O) groups is 2. The number of nitrogens with zero attached hydrogens (tertiary/aromatic N) is 1. The largest absolute Gasteiger partial charge is 0.497 e. The number of aliphatic carboxylic acids is 1. The molecule has 3 rings (SSSR count). The Morgan fingerprint density at radius 1 is 1.38 bits per heavy atom. The SMILES string of the molecule is COc1ccc(C(=O)N2C[C@@H]3CCC[C@@]3(C(=O)O)C2)c(OCC(C)C)c1. The number of hydrogen-bond acceptors (Lipinski definition) is 4. The minimum Gasteiger partial charge on any atom is -0.497 e. The molecule has 1 aliphatic heterocycles. The molecule has 6 nitrogen and oxygen atoms in total. The van der Waals surface area contributed by atoms with Crippen molar-refractivity contribution in [2.24, 2.45) is 17.3 Å². The number of hydrogen-bond donors (Lipinski definition) is 1. The molecule has 0 radical (unpaired) electrons. The van der Waals surface area contributed by atoms with Gasteiger partial charge in [-0.05, 0) is 36.8 Å². The first-order valence-electron chi connectivity index (χ1n) is 9.21. The number of amides is 1. The van der Waals surface area contributed by atoms with Crippen molar-refractivity contribution < 1.29 is 24.2 Å². The molecule has 2 aliphatic rings. The molecule has 1 aromatic rings. The Morgan fingerprint density at radius 3 is 2.77 bits per heavy atom. The highest BCUT2D eigenvalue weighted by Crippen LogP contribution is 2.49.